The van der Waals surface area contributed by atoms with Crippen molar-refractivity contribution in [3.63, 3.8) is 0 Å². The van der Waals surface area contributed by atoms with Crippen LogP contribution in [0.15, 0.2) is 29.6 Å². The summed E-state index contributed by atoms with van der Waals surface area (Å²) in [6.07, 6.45) is 5.00. The van der Waals surface area contributed by atoms with Gasteiger partial charge in [0.15, 0.2) is 0 Å². The summed E-state index contributed by atoms with van der Waals surface area (Å²) in [5.41, 5.74) is 4.13. The molecule has 0 bridgehead atoms. The molecule has 0 N–H and O–H groups in total. The number of benzene rings is 1. The zero-order chi connectivity index (χ0) is 12.5. The van der Waals surface area contributed by atoms with Gasteiger partial charge in [-0.2, -0.15) is 0 Å². The molecule has 3 heteroatoms. The van der Waals surface area contributed by atoms with Crippen molar-refractivity contribution in [2.24, 2.45) is 0 Å². The highest BCUT2D eigenvalue weighted by Gasteiger charge is 2.18. The van der Waals surface area contributed by atoms with Crippen molar-refractivity contribution in [1.29, 1.82) is 0 Å². The Kier molecular flexibility index (Phi) is 3.65. The molecule has 1 heterocycles. The minimum Gasteiger partial charge on any atom is -0.145 e. The second-order valence-electron chi connectivity index (χ2n) is 4.73. The normalized spacial score (nSPS) is 16.3. The van der Waals surface area contributed by atoms with Gasteiger partial charge in [0.1, 0.15) is 0 Å². The van der Waals surface area contributed by atoms with E-state index in [4.69, 9.17) is 23.2 Å². The lowest BCUT2D eigenvalue weighted by molar-refractivity contribution is 0.684. The van der Waals surface area contributed by atoms with Crippen LogP contribution in [0.5, 0.6) is 0 Å². The second kappa shape index (κ2) is 5.24. The largest absolute Gasteiger partial charge is 0.145 e. The SMILES string of the molecule is Clc1ccsc1C(Cl)c1ccc2c(c1)CCCC2. The van der Waals surface area contributed by atoms with Crippen LogP contribution in [-0.4, -0.2) is 0 Å². The summed E-state index contributed by atoms with van der Waals surface area (Å²) in [6.45, 7) is 0. The van der Waals surface area contributed by atoms with Gasteiger partial charge in [0.2, 0.25) is 0 Å². The monoisotopic (exact) mass is 296 g/mol. The second-order valence-corrected chi connectivity index (χ2v) is 6.52. The standard InChI is InChI=1S/C15H14Cl2S/c16-13-7-8-18-15(13)14(17)12-6-5-10-3-1-2-4-11(10)9-12/h5-9,14H,1-4H2. The van der Waals surface area contributed by atoms with E-state index in [1.807, 2.05) is 11.4 Å². The van der Waals surface area contributed by atoms with Gasteiger partial charge >= 0.3 is 0 Å². The third kappa shape index (κ3) is 2.32. The molecule has 0 spiro atoms. The van der Waals surface area contributed by atoms with E-state index >= 15 is 0 Å². The van der Waals surface area contributed by atoms with Crippen LogP contribution in [0.3, 0.4) is 0 Å². The highest BCUT2D eigenvalue weighted by Crippen LogP contribution is 2.38. The molecule has 1 aromatic heterocycles. The molecule has 1 aliphatic rings. The molecule has 94 valence electrons. The van der Waals surface area contributed by atoms with E-state index in [9.17, 15) is 0 Å². The first kappa shape index (κ1) is 12.5. The molecular weight excluding hydrogens is 283 g/mol. The van der Waals surface area contributed by atoms with Crippen molar-refractivity contribution in [3.05, 3.63) is 56.2 Å². The van der Waals surface area contributed by atoms with Crippen molar-refractivity contribution in [1.82, 2.24) is 0 Å². The van der Waals surface area contributed by atoms with Crippen molar-refractivity contribution < 1.29 is 0 Å². The Morgan fingerprint density at radius 1 is 1.06 bits per heavy atom. The van der Waals surface area contributed by atoms with Crippen molar-refractivity contribution in [3.8, 4) is 0 Å². The van der Waals surface area contributed by atoms with Gasteiger partial charge in [-0.05, 0) is 53.8 Å². The van der Waals surface area contributed by atoms with Crippen LogP contribution in [0.2, 0.25) is 5.02 Å². The Hall–Kier alpha value is -0.500. The van der Waals surface area contributed by atoms with Gasteiger partial charge in [-0.25, -0.2) is 0 Å². The lowest BCUT2D eigenvalue weighted by Crippen LogP contribution is -2.04. The summed E-state index contributed by atoms with van der Waals surface area (Å²) in [7, 11) is 0. The summed E-state index contributed by atoms with van der Waals surface area (Å²) >= 11 is 14.3. The molecule has 0 amide bonds. The Morgan fingerprint density at radius 2 is 1.83 bits per heavy atom. The molecular formula is C15H14Cl2S. The number of hydrogen-bond donors (Lipinski definition) is 0. The maximum absolute atomic E-state index is 6.55. The summed E-state index contributed by atoms with van der Waals surface area (Å²) in [6, 6.07) is 8.57. The van der Waals surface area contributed by atoms with Gasteiger partial charge in [-0.1, -0.05) is 29.8 Å². The van der Waals surface area contributed by atoms with E-state index in [2.05, 4.69) is 18.2 Å². The first-order chi connectivity index (χ1) is 8.75. The molecule has 1 unspecified atom stereocenters. The van der Waals surface area contributed by atoms with E-state index < -0.39 is 0 Å². The van der Waals surface area contributed by atoms with Crippen molar-refractivity contribution in [2.75, 3.05) is 0 Å². The minimum absolute atomic E-state index is 0.121. The lowest BCUT2D eigenvalue weighted by Gasteiger charge is -2.18. The molecule has 3 rings (SSSR count). The van der Waals surface area contributed by atoms with E-state index in [0.29, 0.717) is 0 Å². The fraction of sp³-hybridized carbons (Fsp3) is 0.333. The first-order valence-electron chi connectivity index (χ1n) is 6.24. The highest BCUT2D eigenvalue weighted by atomic mass is 35.5. The zero-order valence-corrected chi connectivity index (χ0v) is 12.3. The average molecular weight is 297 g/mol. The predicted molar refractivity (Wildman–Crippen MR) is 80.1 cm³/mol. The summed E-state index contributed by atoms with van der Waals surface area (Å²) in [4.78, 5) is 1.05. The maximum Gasteiger partial charge on any atom is 0.0942 e. The number of hydrogen-bond acceptors (Lipinski definition) is 1. The van der Waals surface area contributed by atoms with Crippen LogP contribution < -0.4 is 0 Å². The summed E-state index contributed by atoms with van der Waals surface area (Å²) in [5.74, 6) is 0. The molecule has 2 aromatic rings. The number of alkyl halides is 1. The highest BCUT2D eigenvalue weighted by molar-refractivity contribution is 7.11. The minimum atomic E-state index is -0.121. The van der Waals surface area contributed by atoms with Crippen LogP contribution in [0.4, 0.5) is 0 Å². The number of thiophene rings is 1. The molecule has 1 aliphatic carbocycles. The first-order valence-corrected chi connectivity index (χ1v) is 7.94. The van der Waals surface area contributed by atoms with Gasteiger partial charge in [0.25, 0.3) is 0 Å². The quantitative estimate of drug-likeness (QED) is 0.632. The van der Waals surface area contributed by atoms with Crippen molar-refractivity contribution >= 4 is 34.5 Å². The Bertz CT molecular complexity index is 559. The van der Waals surface area contributed by atoms with E-state index in [-0.39, 0.29) is 5.38 Å². The van der Waals surface area contributed by atoms with E-state index in [0.717, 1.165) is 9.90 Å². The van der Waals surface area contributed by atoms with E-state index in [1.165, 1.54) is 42.4 Å². The zero-order valence-electron chi connectivity index (χ0n) is 9.96. The molecule has 1 aromatic carbocycles. The van der Waals surface area contributed by atoms with E-state index in [1.54, 1.807) is 11.3 Å². The van der Waals surface area contributed by atoms with Crippen LogP contribution in [0.25, 0.3) is 0 Å². The van der Waals surface area contributed by atoms with Crippen LogP contribution in [0, 0.1) is 0 Å². The lowest BCUT2D eigenvalue weighted by atomic mass is 9.90. The van der Waals surface area contributed by atoms with Crippen molar-refractivity contribution in [2.45, 2.75) is 31.1 Å². The van der Waals surface area contributed by atoms with Gasteiger partial charge in [0.05, 0.1) is 10.4 Å². The maximum atomic E-state index is 6.55. The molecule has 0 nitrogen and oxygen atoms in total. The smallest absolute Gasteiger partial charge is 0.0942 e. The molecule has 0 saturated heterocycles. The molecule has 18 heavy (non-hydrogen) atoms. The molecule has 1 atom stereocenters. The fourth-order valence-corrected chi connectivity index (χ4v) is 4.18. The topological polar surface area (TPSA) is 0 Å². The average Bonchev–Trinajstić information content (AvgIpc) is 2.83. The Morgan fingerprint density at radius 3 is 2.56 bits per heavy atom. The molecule has 0 saturated carbocycles. The number of fused-ring (bicyclic) bond motifs is 1. The van der Waals surface area contributed by atoms with Gasteiger partial charge in [-0.3, -0.25) is 0 Å². The number of aryl methyl sites for hydroxylation is 2. The fourth-order valence-electron chi connectivity index (χ4n) is 2.55. The molecule has 0 fully saturated rings. The van der Waals surface area contributed by atoms with Crippen LogP contribution in [-0.2, 0) is 12.8 Å². The summed E-state index contributed by atoms with van der Waals surface area (Å²) < 4.78 is 0. The third-order valence-electron chi connectivity index (χ3n) is 3.54. The number of halogens is 2. The predicted octanol–water partition coefficient (Wildman–Crippen LogP) is 5.61. The molecule has 0 radical (unpaired) electrons. The third-order valence-corrected chi connectivity index (χ3v) is 5.56. The molecule has 0 aliphatic heterocycles. The van der Waals surface area contributed by atoms with Crippen LogP contribution >= 0.6 is 34.5 Å². The van der Waals surface area contributed by atoms with Gasteiger partial charge in [-0.15, -0.1) is 22.9 Å². The van der Waals surface area contributed by atoms with Gasteiger partial charge in [0, 0.05) is 4.88 Å². The summed E-state index contributed by atoms with van der Waals surface area (Å²) in [5, 5.41) is 2.65. The van der Waals surface area contributed by atoms with Crippen LogP contribution in [0.1, 0.15) is 39.8 Å². The Labute approximate surface area is 122 Å². The Balaban J connectivity index is 1.95. The number of rotatable bonds is 2. The van der Waals surface area contributed by atoms with Gasteiger partial charge < -0.3 is 0 Å².